The van der Waals surface area contributed by atoms with E-state index in [-0.39, 0.29) is 0 Å². The van der Waals surface area contributed by atoms with Crippen LogP contribution in [0.15, 0.2) is 34.2 Å². The first-order chi connectivity index (χ1) is 6.84. The van der Waals surface area contributed by atoms with Crippen LogP contribution in [0.4, 0.5) is 0 Å². The fraction of sp³-hybridized carbons (Fsp3) is 0.200. The van der Waals surface area contributed by atoms with Gasteiger partial charge in [-0.3, -0.25) is 0 Å². The normalized spacial score (nSPS) is 10.4. The molecule has 0 fully saturated rings. The zero-order chi connectivity index (χ0) is 9.80. The minimum absolute atomic E-state index is 0.862. The standard InChI is InChI=1S/C10H9BrN2S/c11-10-12-9(13-14-10)7-6-8-4-2-1-3-5-8/h1-5H,6-7H2. The highest BCUT2D eigenvalue weighted by Gasteiger charge is 2.01. The molecule has 0 saturated heterocycles. The van der Waals surface area contributed by atoms with E-state index in [0.717, 1.165) is 22.6 Å². The van der Waals surface area contributed by atoms with Crippen LogP contribution in [0.5, 0.6) is 0 Å². The Hall–Kier alpha value is -0.740. The van der Waals surface area contributed by atoms with Crippen molar-refractivity contribution in [2.45, 2.75) is 12.8 Å². The van der Waals surface area contributed by atoms with Crippen LogP contribution in [0.3, 0.4) is 0 Å². The number of hydrogen-bond acceptors (Lipinski definition) is 3. The van der Waals surface area contributed by atoms with E-state index in [0.29, 0.717) is 0 Å². The van der Waals surface area contributed by atoms with Gasteiger partial charge in [0, 0.05) is 6.42 Å². The Bertz CT molecular complexity index is 400. The van der Waals surface area contributed by atoms with Crippen LogP contribution in [0.2, 0.25) is 0 Å². The van der Waals surface area contributed by atoms with Crippen LogP contribution in [0.1, 0.15) is 11.4 Å². The third-order valence-electron chi connectivity index (χ3n) is 1.92. The van der Waals surface area contributed by atoms with Crippen molar-refractivity contribution in [3.8, 4) is 0 Å². The summed E-state index contributed by atoms with van der Waals surface area (Å²) in [6, 6.07) is 10.4. The SMILES string of the molecule is Brc1nc(CCc2ccccc2)ns1. The summed E-state index contributed by atoms with van der Waals surface area (Å²) in [4.78, 5) is 4.25. The van der Waals surface area contributed by atoms with Gasteiger partial charge in [-0.2, -0.15) is 4.37 Å². The molecule has 0 amide bonds. The lowest BCUT2D eigenvalue weighted by Gasteiger charge is -1.96. The predicted molar refractivity (Wildman–Crippen MR) is 61.5 cm³/mol. The topological polar surface area (TPSA) is 25.8 Å². The molecule has 0 unspecified atom stereocenters. The Morgan fingerprint density at radius 2 is 1.93 bits per heavy atom. The summed E-state index contributed by atoms with van der Waals surface area (Å²) in [7, 11) is 0. The summed E-state index contributed by atoms with van der Waals surface area (Å²) in [5.41, 5.74) is 1.33. The summed E-state index contributed by atoms with van der Waals surface area (Å²) < 4.78 is 5.08. The first-order valence-electron chi connectivity index (χ1n) is 4.36. The molecule has 2 nitrogen and oxygen atoms in total. The van der Waals surface area contributed by atoms with Crippen LogP contribution in [-0.2, 0) is 12.8 Å². The maximum atomic E-state index is 4.25. The average Bonchev–Trinajstić information content (AvgIpc) is 2.63. The van der Waals surface area contributed by atoms with Gasteiger partial charge >= 0.3 is 0 Å². The van der Waals surface area contributed by atoms with E-state index in [2.05, 4.69) is 49.6 Å². The van der Waals surface area contributed by atoms with Gasteiger partial charge in [0.25, 0.3) is 0 Å². The van der Waals surface area contributed by atoms with Gasteiger partial charge in [0.2, 0.25) is 0 Å². The number of halogens is 1. The molecule has 2 rings (SSSR count). The van der Waals surface area contributed by atoms with Gasteiger partial charge < -0.3 is 0 Å². The second-order valence-electron chi connectivity index (χ2n) is 2.95. The van der Waals surface area contributed by atoms with Gasteiger partial charge in [0.1, 0.15) is 5.82 Å². The fourth-order valence-corrected chi connectivity index (χ4v) is 2.12. The van der Waals surface area contributed by atoms with Crippen molar-refractivity contribution < 1.29 is 0 Å². The van der Waals surface area contributed by atoms with Gasteiger partial charge in [-0.1, -0.05) is 30.3 Å². The number of aryl methyl sites for hydroxylation is 2. The summed E-state index contributed by atoms with van der Waals surface area (Å²) >= 11 is 4.70. The van der Waals surface area contributed by atoms with E-state index in [1.807, 2.05) is 6.07 Å². The van der Waals surface area contributed by atoms with E-state index >= 15 is 0 Å². The van der Waals surface area contributed by atoms with Crippen LogP contribution < -0.4 is 0 Å². The molecule has 1 aromatic heterocycles. The molecule has 2 aromatic rings. The van der Waals surface area contributed by atoms with Gasteiger partial charge in [0.15, 0.2) is 3.92 Å². The van der Waals surface area contributed by atoms with E-state index in [1.54, 1.807) is 0 Å². The molecule has 0 atom stereocenters. The van der Waals surface area contributed by atoms with E-state index in [9.17, 15) is 0 Å². The minimum Gasteiger partial charge on any atom is -0.212 e. The van der Waals surface area contributed by atoms with Crippen molar-refractivity contribution in [3.63, 3.8) is 0 Å². The smallest absolute Gasteiger partial charge is 0.179 e. The van der Waals surface area contributed by atoms with Crippen LogP contribution in [0, 0.1) is 0 Å². The molecule has 0 spiro atoms. The average molecular weight is 269 g/mol. The molecule has 0 aliphatic heterocycles. The van der Waals surface area contributed by atoms with Gasteiger partial charge in [-0.05, 0) is 39.4 Å². The third kappa shape index (κ3) is 2.62. The van der Waals surface area contributed by atoms with Crippen molar-refractivity contribution >= 4 is 27.5 Å². The molecule has 0 bridgehead atoms. The highest BCUT2D eigenvalue weighted by Crippen LogP contribution is 2.13. The minimum atomic E-state index is 0.862. The molecular formula is C10H9BrN2S. The summed E-state index contributed by atoms with van der Waals surface area (Å²) in [5, 5.41) is 0. The number of nitrogens with zero attached hydrogens (tertiary/aromatic N) is 2. The summed E-state index contributed by atoms with van der Waals surface area (Å²) in [6.45, 7) is 0. The molecule has 1 heterocycles. The Morgan fingerprint density at radius 3 is 2.57 bits per heavy atom. The quantitative estimate of drug-likeness (QED) is 0.855. The van der Waals surface area contributed by atoms with Crippen molar-refractivity contribution in [1.29, 1.82) is 0 Å². The first kappa shape index (κ1) is 9.80. The largest absolute Gasteiger partial charge is 0.212 e. The van der Waals surface area contributed by atoms with E-state index in [1.165, 1.54) is 17.1 Å². The molecule has 14 heavy (non-hydrogen) atoms. The maximum absolute atomic E-state index is 4.25. The number of rotatable bonds is 3. The van der Waals surface area contributed by atoms with Crippen molar-refractivity contribution in [2.75, 3.05) is 0 Å². The van der Waals surface area contributed by atoms with Gasteiger partial charge in [-0.15, -0.1) is 0 Å². The van der Waals surface area contributed by atoms with Gasteiger partial charge in [-0.25, -0.2) is 4.98 Å². The van der Waals surface area contributed by atoms with E-state index in [4.69, 9.17) is 0 Å². The zero-order valence-electron chi connectivity index (χ0n) is 7.48. The second kappa shape index (κ2) is 4.66. The molecule has 0 aliphatic rings. The zero-order valence-corrected chi connectivity index (χ0v) is 9.88. The molecule has 0 radical (unpaired) electrons. The molecule has 0 saturated carbocycles. The summed E-state index contributed by atoms with van der Waals surface area (Å²) in [5.74, 6) is 0.922. The number of benzene rings is 1. The summed E-state index contributed by atoms with van der Waals surface area (Å²) in [6.07, 6.45) is 1.91. The highest BCUT2D eigenvalue weighted by atomic mass is 79.9. The first-order valence-corrected chi connectivity index (χ1v) is 5.93. The molecular weight excluding hydrogens is 260 g/mol. The lowest BCUT2D eigenvalue weighted by molar-refractivity contribution is 0.887. The number of aromatic nitrogens is 2. The maximum Gasteiger partial charge on any atom is 0.179 e. The highest BCUT2D eigenvalue weighted by molar-refractivity contribution is 9.11. The second-order valence-corrected chi connectivity index (χ2v) is 4.98. The lowest BCUT2D eigenvalue weighted by atomic mass is 10.1. The molecule has 0 N–H and O–H groups in total. The predicted octanol–water partition coefficient (Wildman–Crippen LogP) is 3.09. The lowest BCUT2D eigenvalue weighted by Crippen LogP contribution is -1.92. The Kier molecular flexibility index (Phi) is 3.26. The fourth-order valence-electron chi connectivity index (χ4n) is 1.24. The third-order valence-corrected chi connectivity index (χ3v) is 3.08. The monoisotopic (exact) mass is 268 g/mol. The Morgan fingerprint density at radius 1 is 1.14 bits per heavy atom. The molecule has 4 heteroatoms. The van der Waals surface area contributed by atoms with Gasteiger partial charge in [0.05, 0.1) is 0 Å². The van der Waals surface area contributed by atoms with Crippen LogP contribution >= 0.6 is 27.5 Å². The number of hydrogen-bond donors (Lipinski definition) is 0. The molecule has 72 valence electrons. The molecule has 0 aliphatic carbocycles. The van der Waals surface area contributed by atoms with Crippen molar-refractivity contribution in [1.82, 2.24) is 9.36 Å². The Labute approximate surface area is 95.3 Å². The van der Waals surface area contributed by atoms with E-state index < -0.39 is 0 Å². The van der Waals surface area contributed by atoms with Crippen LogP contribution in [-0.4, -0.2) is 9.36 Å². The van der Waals surface area contributed by atoms with Crippen molar-refractivity contribution in [3.05, 3.63) is 45.6 Å². The Balaban J connectivity index is 1.95. The van der Waals surface area contributed by atoms with Crippen LogP contribution in [0.25, 0.3) is 0 Å². The molecule has 1 aromatic carbocycles. The van der Waals surface area contributed by atoms with Crippen molar-refractivity contribution in [2.24, 2.45) is 0 Å².